The van der Waals surface area contributed by atoms with E-state index in [0.717, 1.165) is 18.5 Å². The molecule has 2 amide bonds. The molecule has 0 atom stereocenters. The lowest BCUT2D eigenvalue weighted by molar-refractivity contribution is -0.130. The highest BCUT2D eigenvalue weighted by Gasteiger charge is 2.15. The van der Waals surface area contributed by atoms with Gasteiger partial charge in [-0.2, -0.15) is 0 Å². The molecule has 0 saturated carbocycles. The molecule has 2 rings (SSSR count). The van der Waals surface area contributed by atoms with Gasteiger partial charge in [-0.15, -0.1) is 11.3 Å². The largest absolute Gasteiger partial charge is 0.330 e. The van der Waals surface area contributed by atoms with Gasteiger partial charge in [0.1, 0.15) is 6.54 Å². The van der Waals surface area contributed by atoms with Crippen molar-refractivity contribution in [2.75, 3.05) is 39.0 Å². The third-order valence-corrected chi connectivity index (χ3v) is 4.26. The Morgan fingerprint density at radius 2 is 1.96 bits per heavy atom. The van der Waals surface area contributed by atoms with Crippen molar-refractivity contribution in [1.29, 1.82) is 0 Å². The van der Waals surface area contributed by atoms with E-state index in [1.165, 1.54) is 17.4 Å². The van der Waals surface area contributed by atoms with Crippen LogP contribution in [-0.4, -0.2) is 60.3 Å². The van der Waals surface area contributed by atoms with Crippen molar-refractivity contribution < 1.29 is 9.59 Å². The first-order chi connectivity index (χ1) is 12.5. The summed E-state index contributed by atoms with van der Waals surface area (Å²) in [5.41, 5.74) is 0.946. The second kappa shape index (κ2) is 10.5. The molecule has 0 aliphatic carbocycles. The molecule has 7 heteroatoms. The van der Waals surface area contributed by atoms with Gasteiger partial charge in [0.25, 0.3) is 0 Å². The van der Waals surface area contributed by atoms with Gasteiger partial charge in [0.2, 0.25) is 11.8 Å². The summed E-state index contributed by atoms with van der Waals surface area (Å²) in [4.78, 5) is 32.4. The molecule has 1 aromatic carbocycles. The molecule has 0 aliphatic rings. The number of anilines is 1. The van der Waals surface area contributed by atoms with Gasteiger partial charge in [-0.1, -0.05) is 30.3 Å². The number of carbonyl (C=O) groups excluding carboxylic acids is 2. The SMILES string of the molecule is CN(C)CCCN(CC(=O)Nc1nccs1)C(=O)/C=C/c1ccccc1. The number of nitrogens with zero attached hydrogens (tertiary/aromatic N) is 3. The van der Waals surface area contributed by atoms with E-state index >= 15 is 0 Å². The van der Waals surface area contributed by atoms with Gasteiger partial charge in [-0.05, 0) is 38.7 Å². The zero-order chi connectivity index (χ0) is 18.8. The fourth-order valence-electron chi connectivity index (χ4n) is 2.30. The third-order valence-electron chi connectivity index (χ3n) is 3.58. The standard InChI is InChI=1S/C19H24N4O2S/c1-22(2)12-6-13-23(15-17(24)21-19-20-11-14-26-19)18(25)10-9-16-7-4-3-5-8-16/h3-5,7-11,14H,6,12-13,15H2,1-2H3,(H,20,21,24)/b10-9+. The van der Waals surface area contributed by atoms with E-state index in [9.17, 15) is 9.59 Å². The average Bonchev–Trinajstić information content (AvgIpc) is 3.12. The lowest BCUT2D eigenvalue weighted by Gasteiger charge is -2.21. The van der Waals surface area contributed by atoms with Crippen molar-refractivity contribution in [3.8, 4) is 0 Å². The molecule has 0 radical (unpaired) electrons. The maximum absolute atomic E-state index is 12.6. The van der Waals surface area contributed by atoms with Crippen LogP contribution in [0.25, 0.3) is 6.08 Å². The molecule has 0 fully saturated rings. The van der Waals surface area contributed by atoms with Crippen LogP contribution in [0.1, 0.15) is 12.0 Å². The highest BCUT2D eigenvalue weighted by Crippen LogP contribution is 2.10. The summed E-state index contributed by atoms with van der Waals surface area (Å²) in [7, 11) is 3.97. The first kappa shape index (κ1) is 19.8. The second-order valence-corrected chi connectivity index (χ2v) is 6.94. The molecule has 0 aliphatic heterocycles. The van der Waals surface area contributed by atoms with E-state index in [1.54, 1.807) is 22.6 Å². The highest BCUT2D eigenvalue weighted by atomic mass is 32.1. The van der Waals surface area contributed by atoms with Gasteiger partial charge in [0, 0.05) is 24.2 Å². The van der Waals surface area contributed by atoms with Crippen LogP contribution < -0.4 is 5.32 Å². The Bertz CT molecular complexity index is 714. The van der Waals surface area contributed by atoms with Crippen LogP contribution in [0.3, 0.4) is 0 Å². The first-order valence-electron chi connectivity index (χ1n) is 8.40. The minimum atomic E-state index is -0.244. The molecule has 1 aromatic heterocycles. The summed E-state index contributed by atoms with van der Waals surface area (Å²) in [5.74, 6) is -0.423. The van der Waals surface area contributed by atoms with Crippen molar-refractivity contribution in [2.45, 2.75) is 6.42 Å². The maximum Gasteiger partial charge on any atom is 0.247 e. The van der Waals surface area contributed by atoms with E-state index in [1.807, 2.05) is 44.4 Å². The molecule has 0 unspecified atom stereocenters. The van der Waals surface area contributed by atoms with E-state index in [2.05, 4.69) is 15.2 Å². The quantitative estimate of drug-likeness (QED) is 0.687. The monoisotopic (exact) mass is 372 g/mol. The van der Waals surface area contributed by atoms with E-state index < -0.39 is 0 Å². The lowest BCUT2D eigenvalue weighted by Crippen LogP contribution is -2.38. The number of nitrogens with one attached hydrogen (secondary N) is 1. The Balaban J connectivity index is 1.97. The Labute approximate surface area is 158 Å². The zero-order valence-corrected chi connectivity index (χ0v) is 15.9. The molecule has 138 valence electrons. The molecule has 2 aromatic rings. The smallest absolute Gasteiger partial charge is 0.247 e. The van der Waals surface area contributed by atoms with Crippen LogP contribution in [0.15, 0.2) is 48.0 Å². The molecule has 1 heterocycles. The van der Waals surface area contributed by atoms with Crippen LogP contribution >= 0.6 is 11.3 Å². The first-order valence-corrected chi connectivity index (χ1v) is 9.28. The Morgan fingerprint density at radius 3 is 2.62 bits per heavy atom. The Morgan fingerprint density at radius 1 is 1.19 bits per heavy atom. The molecule has 6 nitrogen and oxygen atoms in total. The van der Waals surface area contributed by atoms with Gasteiger partial charge >= 0.3 is 0 Å². The number of amides is 2. The summed E-state index contributed by atoms with van der Waals surface area (Å²) in [5, 5.41) is 5.05. The molecule has 1 N–H and O–H groups in total. The number of hydrogen-bond donors (Lipinski definition) is 1. The number of rotatable bonds is 9. The second-order valence-electron chi connectivity index (χ2n) is 6.05. The highest BCUT2D eigenvalue weighted by molar-refractivity contribution is 7.13. The van der Waals surface area contributed by atoms with Crippen LogP contribution in [0.4, 0.5) is 5.13 Å². The van der Waals surface area contributed by atoms with E-state index in [0.29, 0.717) is 11.7 Å². The predicted molar refractivity (Wildman–Crippen MR) is 106 cm³/mol. The number of carbonyl (C=O) groups is 2. The number of thiazole rings is 1. The van der Waals surface area contributed by atoms with Crippen molar-refractivity contribution >= 4 is 34.4 Å². The molecule has 0 saturated heterocycles. The summed E-state index contributed by atoms with van der Waals surface area (Å²) >= 11 is 1.35. The normalized spacial score (nSPS) is 11.0. The van der Waals surface area contributed by atoms with Crippen molar-refractivity contribution in [2.24, 2.45) is 0 Å². The summed E-state index contributed by atoms with van der Waals surface area (Å²) in [6.45, 7) is 1.37. The van der Waals surface area contributed by atoms with Crippen molar-refractivity contribution in [3.05, 3.63) is 53.5 Å². The predicted octanol–water partition coefficient (Wildman–Crippen LogP) is 2.58. The maximum atomic E-state index is 12.6. The van der Waals surface area contributed by atoms with E-state index in [4.69, 9.17) is 0 Å². The average molecular weight is 372 g/mol. The Kier molecular flexibility index (Phi) is 7.98. The fourth-order valence-corrected chi connectivity index (χ4v) is 2.84. The number of benzene rings is 1. The molecular weight excluding hydrogens is 348 g/mol. The van der Waals surface area contributed by atoms with Crippen LogP contribution in [0, 0.1) is 0 Å². The number of aromatic nitrogens is 1. The minimum absolute atomic E-state index is 0.00493. The van der Waals surface area contributed by atoms with Gasteiger partial charge in [-0.3, -0.25) is 9.59 Å². The summed E-state index contributed by atoms with van der Waals surface area (Å²) < 4.78 is 0. The lowest BCUT2D eigenvalue weighted by atomic mass is 10.2. The Hall–Kier alpha value is -2.51. The minimum Gasteiger partial charge on any atom is -0.330 e. The van der Waals surface area contributed by atoms with Crippen LogP contribution in [0.5, 0.6) is 0 Å². The zero-order valence-electron chi connectivity index (χ0n) is 15.1. The van der Waals surface area contributed by atoms with Gasteiger partial charge in [-0.25, -0.2) is 4.98 Å². The van der Waals surface area contributed by atoms with Crippen LogP contribution in [0.2, 0.25) is 0 Å². The molecular formula is C19H24N4O2S. The molecule has 0 bridgehead atoms. The fraction of sp³-hybridized carbons (Fsp3) is 0.316. The third kappa shape index (κ3) is 7.16. The topological polar surface area (TPSA) is 65.5 Å². The number of hydrogen-bond acceptors (Lipinski definition) is 5. The van der Waals surface area contributed by atoms with Gasteiger partial charge in [0.05, 0.1) is 0 Å². The summed E-state index contributed by atoms with van der Waals surface area (Å²) in [6, 6.07) is 9.61. The molecule has 26 heavy (non-hydrogen) atoms. The van der Waals surface area contributed by atoms with Crippen molar-refractivity contribution in [1.82, 2.24) is 14.8 Å². The van der Waals surface area contributed by atoms with Crippen LogP contribution in [-0.2, 0) is 9.59 Å². The van der Waals surface area contributed by atoms with E-state index in [-0.39, 0.29) is 18.4 Å². The van der Waals surface area contributed by atoms with Gasteiger partial charge < -0.3 is 15.1 Å². The summed E-state index contributed by atoms with van der Waals surface area (Å²) in [6.07, 6.45) is 5.70. The van der Waals surface area contributed by atoms with Gasteiger partial charge in [0.15, 0.2) is 5.13 Å². The van der Waals surface area contributed by atoms with Crippen molar-refractivity contribution in [3.63, 3.8) is 0 Å². The molecule has 0 spiro atoms.